The number of nitrogens with two attached hydrogens (primary N) is 1. The fourth-order valence-electron chi connectivity index (χ4n) is 1.17. The molecule has 5 nitrogen and oxygen atoms in total. The first-order valence-corrected chi connectivity index (χ1v) is 6.33. The molecule has 0 saturated heterocycles. The summed E-state index contributed by atoms with van der Waals surface area (Å²) in [6.45, 7) is 3.48. The van der Waals surface area contributed by atoms with E-state index in [9.17, 15) is 13.5 Å². The molecule has 0 aliphatic rings. The van der Waals surface area contributed by atoms with Gasteiger partial charge in [0.15, 0.2) is 0 Å². The van der Waals surface area contributed by atoms with Crippen LogP contribution < -0.4 is 10.5 Å². The minimum absolute atomic E-state index is 0.0271. The molecule has 0 aliphatic heterocycles. The number of rotatable bonds is 4. The van der Waals surface area contributed by atoms with Crippen molar-refractivity contribution in [2.24, 2.45) is 5.14 Å². The zero-order valence-corrected chi connectivity index (χ0v) is 10.1. The van der Waals surface area contributed by atoms with Crippen LogP contribution in [0.15, 0.2) is 29.2 Å². The smallest absolute Gasteiger partial charge is 0.240 e. The second-order valence-electron chi connectivity index (χ2n) is 4.21. The van der Waals surface area contributed by atoms with Gasteiger partial charge >= 0.3 is 0 Å². The van der Waals surface area contributed by atoms with Crippen molar-refractivity contribution in [3.8, 4) is 0 Å². The van der Waals surface area contributed by atoms with E-state index in [4.69, 9.17) is 5.14 Å². The van der Waals surface area contributed by atoms with E-state index in [1.54, 1.807) is 32.0 Å². The third-order valence-corrected chi connectivity index (χ3v) is 2.87. The highest BCUT2D eigenvalue weighted by Crippen LogP contribution is 2.19. The highest BCUT2D eigenvalue weighted by atomic mass is 32.2. The number of para-hydroxylation sites is 1. The van der Waals surface area contributed by atoms with Crippen LogP contribution in [-0.4, -0.2) is 25.7 Å². The average molecular weight is 244 g/mol. The van der Waals surface area contributed by atoms with Crippen molar-refractivity contribution in [2.75, 3.05) is 11.9 Å². The van der Waals surface area contributed by atoms with Crippen LogP contribution in [0.1, 0.15) is 13.8 Å². The van der Waals surface area contributed by atoms with Gasteiger partial charge in [-0.05, 0) is 26.0 Å². The Bertz CT molecular complexity index is 463. The van der Waals surface area contributed by atoms with Crippen LogP contribution in [0.4, 0.5) is 5.69 Å². The molecule has 0 atom stereocenters. The fourth-order valence-corrected chi connectivity index (χ4v) is 1.89. The molecule has 0 heterocycles. The average Bonchev–Trinajstić information content (AvgIpc) is 2.12. The van der Waals surface area contributed by atoms with Crippen molar-refractivity contribution in [3.63, 3.8) is 0 Å². The molecule has 1 aromatic carbocycles. The lowest BCUT2D eigenvalue weighted by molar-refractivity contribution is 0.0944. The molecule has 4 N–H and O–H groups in total. The Morgan fingerprint density at radius 2 is 1.94 bits per heavy atom. The summed E-state index contributed by atoms with van der Waals surface area (Å²) in [6, 6.07) is 6.31. The molecule has 6 heteroatoms. The molecule has 0 aromatic heterocycles. The van der Waals surface area contributed by atoms with Crippen molar-refractivity contribution in [1.29, 1.82) is 0 Å². The van der Waals surface area contributed by atoms with Crippen LogP contribution in [0.3, 0.4) is 0 Å². The summed E-state index contributed by atoms with van der Waals surface area (Å²) in [4.78, 5) is 0.0271. The Morgan fingerprint density at radius 1 is 1.38 bits per heavy atom. The molecule has 90 valence electrons. The Hall–Kier alpha value is -1.11. The van der Waals surface area contributed by atoms with Gasteiger partial charge in [0.1, 0.15) is 4.90 Å². The molecule has 0 saturated carbocycles. The van der Waals surface area contributed by atoms with E-state index in [1.807, 2.05) is 0 Å². The fraction of sp³-hybridized carbons (Fsp3) is 0.400. The molecular weight excluding hydrogens is 228 g/mol. The lowest BCUT2D eigenvalue weighted by atomic mass is 10.1. The Balaban J connectivity index is 2.97. The van der Waals surface area contributed by atoms with Crippen LogP contribution in [0.25, 0.3) is 0 Å². The van der Waals surface area contributed by atoms with Crippen molar-refractivity contribution >= 4 is 15.7 Å². The van der Waals surface area contributed by atoms with Crippen molar-refractivity contribution in [3.05, 3.63) is 24.3 Å². The third kappa shape index (κ3) is 3.80. The van der Waals surface area contributed by atoms with E-state index in [-0.39, 0.29) is 11.4 Å². The van der Waals surface area contributed by atoms with Gasteiger partial charge in [-0.15, -0.1) is 0 Å². The molecule has 0 aliphatic carbocycles. The number of hydrogen-bond acceptors (Lipinski definition) is 4. The molecule has 0 radical (unpaired) electrons. The highest BCUT2D eigenvalue weighted by Gasteiger charge is 2.16. The number of sulfonamides is 1. The van der Waals surface area contributed by atoms with Crippen LogP contribution in [0.2, 0.25) is 0 Å². The van der Waals surface area contributed by atoms with E-state index in [2.05, 4.69) is 5.32 Å². The van der Waals surface area contributed by atoms with E-state index >= 15 is 0 Å². The first-order chi connectivity index (χ1) is 7.20. The highest BCUT2D eigenvalue weighted by molar-refractivity contribution is 7.89. The minimum atomic E-state index is -3.75. The summed E-state index contributed by atoms with van der Waals surface area (Å²) in [5.41, 5.74) is -0.530. The number of nitrogens with one attached hydrogen (secondary N) is 1. The maximum atomic E-state index is 11.3. The Kier molecular flexibility index (Phi) is 3.57. The maximum absolute atomic E-state index is 11.3. The summed E-state index contributed by atoms with van der Waals surface area (Å²) in [6.07, 6.45) is 0. The SMILES string of the molecule is CC(C)(O)CNc1ccccc1S(N)(=O)=O. The lowest BCUT2D eigenvalue weighted by Crippen LogP contribution is -2.30. The van der Waals surface area contributed by atoms with Gasteiger partial charge < -0.3 is 10.4 Å². The van der Waals surface area contributed by atoms with Gasteiger partial charge in [-0.1, -0.05) is 12.1 Å². The van der Waals surface area contributed by atoms with Crippen LogP contribution >= 0.6 is 0 Å². The quantitative estimate of drug-likeness (QED) is 0.719. The Labute approximate surface area is 95.3 Å². The molecule has 1 aromatic rings. The second kappa shape index (κ2) is 4.40. The van der Waals surface area contributed by atoms with Gasteiger partial charge in [0.2, 0.25) is 10.0 Å². The summed E-state index contributed by atoms with van der Waals surface area (Å²) in [5, 5.41) is 17.4. The first-order valence-electron chi connectivity index (χ1n) is 4.78. The van der Waals surface area contributed by atoms with Gasteiger partial charge in [-0.2, -0.15) is 0 Å². The molecule has 0 amide bonds. The van der Waals surface area contributed by atoms with Crippen molar-refractivity contribution < 1.29 is 13.5 Å². The van der Waals surface area contributed by atoms with Crippen LogP contribution in [0, 0.1) is 0 Å². The third-order valence-electron chi connectivity index (χ3n) is 1.91. The molecule has 1 rings (SSSR count). The number of primary sulfonamides is 1. The largest absolute Gasteiger partial charge is 0.389 e. The van der Waals surface area contributed by atoms with Gasteiger partial charge in [-0.3, -0.25) is 0 Å². The predicted molar refractivity (Wildman–Crippen MR) is 62.6 cm³/mol. The minimum Gasteiger partial charge on any atom is -0.389 e. The number of hydrogen-bond donors (Lipinski definition) is 3. The van der Waals surface area contributed by atoms with Gasteiger partial charge in [0, 0.05) is 6.54 Å². The van der Waals surface area contributed by atoms with E-state index in [0.717, 1.165) is 0 Å². The van der Waals surface area contributed by atoms with E-state index in [1.165, 1.54) is 6.07 Å². The monoisotopic (exact) mass is 244 g/mol. The van der Waals surface area contributed by atoms with Crippen molar-refractivity contribution in [2.45, 2.75) is 24.3 Å². The van der Waals surface area contributed by atoms with Crippen LogP contribution in [0.5, 0.6) is 0 Å². The molecule has 0 bridgehead atoms. The Morgan fingerprint density at radius 3 is 2.44 bits per heavy atom. The second-order valence-corrected chi connectivity index (χ2v) is 5.74. The summed E-state index contributed by atoms with van der Waals surface area (Å²) in [7, 11) is -3.75. The zero-order valence-electron chi connectivity index (χ0n) is 9.27. The molecular formula is C10H16N2O3S. The van der Waals surface area contributed by atoms with Gasteiger partial charge in [0.25, 0.3) is 0 Å². The first kappa shape index (κ1) is 13.0. The van der Waals surface area contributed by atoms with E-state index in [0.29, 0.717) is 5.69 Å². The molecule has 0 unspecified atom stereocenters. The topological polar surface area (TPSA) is 92.4 Å². The molecule has 0 spiro atoms. The number of anilines is 1. The molecule has 0 fully saturated rings. The van der Waals surface area contributed by atoms with Crippen molar-refractivity contribution in [1.82, 2.24) is 0 Å². The number of aliphatic hydroxyl groups is 1. The summed E-state index contributed by atoms with van der Waals surface area (Å²) in [5.74, 6) is 0. The maximum Gasteiger partial charge on any atom is 0.240 e. The predicted octanol–water partition coefficient (Wildman–Crippen LogP) is 0.517. The zero-order chi connectivity index (χ0) is 12.4. The van der Waals surface area contributed by atoms with E-state index < -0.39 is 15.6 Å². The van der Waals surface area contributed by atoms with Crippen LogP contribution in [-0.2, 0) is 10.0 Å². The normalized spacial score (nSPS) is 12.5. The molecule has 16 heavy (non-hydrogen) atoms. The lowest BCUT2D eigenvalue weighted by Gasteiger charge is -2.19. The van der Waals surface area contributed by atoms with Gasteiger partial charge in [-0.25, -0.2) is 13.6 Å². The van der Waals surface area contributed by atoms with Gasteiger partial charge in [0.05, 0.1) is 11.3 Å². The standard InChI is InChI=1S/C10H16N2O3S/c1-10(2,13)7-12-8-5-3-4-6-9(8)16(11,14)15/h3-6,12-13H,7H2,1-2H3,(H2,11,14,15). The number of benzene rings is 1. The summed E-state index contributed by atoms with van der Waals surface area (Å²) < 4.78 is 22.5. The summed E-state index contributed by atoms with van der Waals surface area (Å²) >= 11 is 0.